The molecule has 0 fully saturated rings. The lowest BCUT2D eigenvalue weighted by Gasteiger charge is -2.07. The van der Waals surface area contributed by atoms with Gasteiger partial charge in [-0.2, -0.15) is 0 Å². The molecule has 0 aromatic heterocycles. The Bertz CT molecular complexity index is 599. The summed E-state index contributed by atoms with van der Waals surface area (Å²) in [6.07, 6.45) is 0. The van der Waals surface area contributed by atoms with Crippen LogP contribution >= 0.6 is 0 Å². The van der Waals surface area contributed by atoms with Crippen LogP contribution in [0.4, 0.5) is 0 Å². The third kappa shape index (κ3) is 1.99. The molecule has 0 heterocycles. The molecular weight excluding hydrogens is 216 g/mol. The van der Waals surface area contributed by atoms with Crippen LogP contribution in [0.3, 0.4) is 0 Å². The van der Waals surface area contributed by atoms with Crippen molar-refractivity contribution in [1.29, 1.82) is 0 Å². The topological polar surface area (TPSA) is 46.5 Å². The summed E-state index contributed by atoms with van der Waals surface area (Å²) in [6.45, 7) is 3.59. The summed E-state index contributed by atoms with van der Waals surface area (Å²) in [5.41, 5.74) is 0.735. The fourth-order valence-electron chi connectivity index (χ4n) is 1.77. The van der Waals surface area contributed by atoms with Crippen molar-refractivity contribution < 1.29 is 14.6 Å². The highest BCUT2D eigenvalue weighted by Gasteiger charge is 2.10. The molecule has 0 atom stereocenters. The molecule has 17 heavy (non-hydrogen) atoms. The lowest BCUT2D eigenvalue weighted by atomic mass is 9.99. The Kier molecular flexibility index (Phi) is 2.83. The summed E-state index contributed by atoms with van der Waals surface area (Å²) in [4.78, 5) is 10.9. The summed E-state index contributed by atoms with van der Waals surface area (Å²) < 4.78 is 5.13. The van der Waals surface area contributed by atoms with Crippen LogP contribution < -0.4 is 4.74 Å². The number of carboxylic acid groups (broad SMARTS) is 1. The Hall–Kier alpha value is -2.29. The van der Waals surface area contributed by atoms with Crippen molar-refractivity contribution in [2.75, 3.05) is 7.11 Å². The highest BCUT2D eigenvalue weighted by atomic mass is 16.5. The summed E-state index contributed by atoms with van der Waals surface area (Å²) in [7, 11) is 1.60. The highest BCUT2D eigenvalue weighted by molar-refractivity contribution is 6.18. The molecule has 0 bridgehead atoms. The van der Waals surface area contributed by atoms with Gasteiger partial charge in [0.15, 0.2) is 0 Å². The second-order valence-electron chi connectivity index (χ2n) is 3.68. The van der Waals surface area contributed by atoms with E-state index in [4.69, 9.17) is 9.84 Å². The van der Waals surface area contributed by atoms with Gasteiger partial charge in [0.1, 0.15) is 5.75 Å². The Balaban J connectivity index is 2.66. The van der Waals surface area contributed by atoms with E-state index >= 15 is 0 Å². The number of ether oxygens (including phenoxy) is 1. The summed E-state index contributed by atoms with van der Waals surface area (Å²) >= 11 is 0. The molecule has 0 amide bonds. The molecule has 1 N–H and O–H groups in total. The van der Waals surface area contributed by atoms with Crippen LogP contribution in [0.25, 0.3) is 16.3 Å². The van der Waals surface area contributed by atoms with Crippen LogP contribution in [0.1, 0.15) is 5.56 Å². The lowest BCUT2D eigenvalue weighted by molar-refractivity contribution is -0.130. The van der Waals surface area contributed by atoms with Crippen molar-refractivity contribution in [2.45, 2.75) is 0 Å². The van der Waals surface area contributed by atoms with Crippen LogP contribution in [0.15, 0.2) is 43.0 Å². The third-order valence-electron chi connectivity index (χ3n) is 2.67. The van der Waals surface area contributed by atoms with Gasteiger partial charge in [0.05, 0.1) is 12.7 Å². The largest absolute Gasteiger partial charge is 0.497 e. The van der Waals surface area contributed by atoms with Crippen molar-refractivity contribution in [1.82, 2.24) is 0 Å². The fraction of sp³-hybridized carbons (Fsp3) is 0.0714. The maximum Gasteiger partial charge on any atom is 0.335 e. The first-order valence-electron chi connectivity index (χ1n) is 5.13. The van der Waals surface area contributed by atoms with Crippen molar-refractivity contribution in [3.63, 3.8) is 0 Å². The number of methoxy groups -OCH3 is 1. The molecule has 0 saturated heterocycles. The van der Waals surface area contributed by atoms with Gasteiger partial charge < -0.3 is 9.84 Å². The summed E-state index contributed by atoms with van der Waals surface area (Å²) in [6, 6.07) is 11.0. The first kappa shape index (κ1) is 11.2. The average Bonchev–Trinajstić information content (AvgIpc) is 2.36. The summed E-state index contributed by atoms with van der Waals surface area (Å²) in [5.74, 6) is -0.260. The number of hydrogen-bond acceptors (Lipinski definition) is 2. The van der Waals surface area contributed by atoms with E-state index in [9.17, 15) is 4.79 Å². The predicted molar refractivity (Wildman–Crippen MR) is 67.2 cm³/mol. The van der Waals surface area contributed by atoms with E-state index in [1.165, 1.54) is 0 Å². The molecule has 0 aliphatic heterocycles. The molecule has 2 aromatic carbocycles. The van der Waals surface area contributed by atoms with Gasteiger partial charge in [-0.15, -0.1) is 0 Å². The maximum absolute atomic E-state index is 10.9. The number of hydrogen-bond donors (Lipinski definition) is 1. The molecule has 2 rings (SSSR count). The van der Waals surface area contributed by atoms with Gasteiger partial charge in [-0.25, -0.2) is 4.79 Å². The van der Waals surface area contributed by atoms with Crippen LogP contribution in [0.2, 0.25) is 0 Å². The van der Waals surface area contributed by atoms with E-state index in [0.717, 1.165) is 16.5 Å². The van der Waals surface area contributed by atoms with E-state index in [1.807, 2.05) is 24.3 Å². The van der Waals surface area contributed by atoms with E-state index in [0.29, 0.717) is 5.56 Å². The minimum Gasteiger partial charge on any atom is -0.497 e. The number of aliphatic carboxylic acids is 1. The minimum absolute atomic E-state index is 0.0979. The van der Waals surface area contributed by atoms with Gasteiger partial charge in [0.25, 0.3) is 0 Å². The molecule has 0 saturated carbocycles. The van der Waals surface area contributed by atoms with Gasteiger partial charge in [0, 0.05) is 0 Å². The number of benzene rings is 2. The number of carboxylic acids is 1. The molecule has 0 spiro atoms. The quantitative estimate of drug-likeness (QED) is 0.821. The van der Waals surface area contributed by atoms with Crippen LogP contribution in [0, 0.1) is 0 Å². The highest BCUT2D eigenvalue weighted by Crippen LogP contribution is 2.27. The van der Waals surface area contributed by atoms with Gasteiger partial charge in [-0.05, 0) is 28.5 Å². The van der Waals surface area contributed by atoms with Crippen molar-refractivity contribution >= 4 is 22.3 Å². The van der Waals surface area contributed by atoms with Crippen LogP contribution in [0.5, 0.6) is 5.75 Å². The van der Waals surface area contributed by atoms with E-state index in [1.54, 1.807) is 19.2 Å². The first-order valence-corrected chi connectivity index (χ1v) is 5.13. The molecule has 3 heteroatoms. The van der Waals surface area contributed by atoms with Crippen LogP contribution in [-0.2, 0) is 4.79 Å². The Morgan fingerprint density at radius 3 is 2.71 bits per heavy atom. The van der Waals surface area contributed by atoms with Gasteiger partial charge in [0.2, 0.25) is 0 Å². The fourth-order valence-corrected chi connectivity index (χ4v) is 1.77. The number of fused-ring (bicyclic) bond motifs is 1. The Labute approximate surface area is 99.0 Å². The molecule has 0 aliphatic rings. The minimum atomic E-state index is -1.01. The van der Waals surface area contributed by atoms with Crippen LogP contribution in [-0.4, -0.2) is 18.2 Å². The Morgan fingerprint density at radius 2 is 2.06 bits per heavy atom. The average molecular weight is 228 g/mol. The zero-order valence-corrected chi connectivity index (χ0v) is 9.43. The second kappa shape index (κ2) is 4.29. The Morgan fingerprint density at radius 1 is 1.29 bits per heavy atom. The van der Waals surface area contributed by atoms with Gasteiger partial charge in [-0.1, -0.05) is 30.8 Å². The number of rotatable bonds is 3. The second-order valence-corrected chi connectivity index (χ2v) is 3.68. The normalized spacial score (nSPS) is 10.2. The van der Waals surface area contributed by atoms with Crippen molar-refractivity contribution in [3.05, 3.63) is 48.5 Å². The van der Waals surface area contributed by atoms with Gasteiger partial charge >= 0.3 is 5.97 Å². The predicted octanol–water partition coefficient (Wildman–Crippen LogP) is 2.95. The zero-order valence-electron chi connectivity index (χ0n) is 9.43. The summed E-state index contributed by atoms with van der Waals surface area (Å²) in [5, 5.41) is 10.8. The molecular formula is C14H12O3. The molecule has 0 aliphatic carbocycles. The van der Waals surface area contributed by atoms with E-state index < -0.39 is 5.97 Å². The number of carbonyl (C=O) groups is 1. The van der Waals surface area contributed by atoms with E-state index in [-0.39, 0.29) is 5.57 Å². The van der Waals surface area contributed by atoms with Crippen molar-refractivity contribution in [3.8, 4) is 5.75 Å². The van der Waals surface area contributed by atoms with Gasteiger partial charge in [-0.3, -0.25) is 0 Å². The molecule has 0 unspecified atom stereocenters. The monoisotopic (exact) mass is 228 g/mol. The molecule has 3 nitrogen and oxygen atoms in total. The lowest BCUT2D eigenvalue weighted by Crippen LogP contribution is -1.98. The zero-order chi connectivity index (χ0) is 12.4. The standard InChI is InChI=1S/C14H12O3/c1-9(14(15)16)12-5-3-4-10-8-11(17-2)6-7-13(10)12/h3-8H,1H2,2H3,(H,15,16). The molecule has 86 valence electrons. The SMILES string of the molecule is C=C(C(=O)O)c1cccc2cc(OC)ccc12. The van der Waals surface area contributed by atoms with E-state index in [2.05, 4.69) is 6.58 Å². The first-order chi connectivity index (χ1) is 8.13. The van der Waals surface area contributed by atoms with Crippen molar-refractivity contribution in [2.24, 2.45) is 0 Å². The molecule has 0 radical (unpaired) electrons. The maximum atomic E-state index is 10.9. The smallest absolute Gasteiger partial charge is 0.335 e. The molecule has 2 aromatic rings. The third-order valence-corrected chi connectivity index (χ3v) is 2.67.